The van der Waals surface area contributed by atoms with Crippen molar-refractivity contribution in [3.8, 4) is 18.2 Å². The number of carbonyl (C=O) groups is 1. The van der Waals surface area contributed by atoms with Crippen LogP contribution in [0.5, 0.6) is 0 Å². The van der Waals surface area contributed by atoms with Gasteiger partial charge >= 0.3 is 103 Å². The van der Waals surface area contributed by atoms with Crippen molar-refractivity contribution in [1.29, 1.82) is 15.8 Å². The van der Waals surface area contributed by atoms with Crippen molar-refractivity contribution in [2.24, 2.45) is 0 Å². The van der Waals surface area contributed by atoms with Gasteiger partial charge in [0.25, 0.3) is 6.47 Å². The van der Waals surface area contributed by atoms with E-state index in [1.165, 1.54) is 40.7 Å². The fourth-order valence-corrected chi connectivity index (χ4v) is 10.1. The van der Waals surface area contributed by atoms with E-state index < -0.39 is 0 Å². The summed E-state index contributed by atoms with van der Waals surface area (Å²) in [7, 11) is 0. The summed E-state index contributed by atoms with van der Waals surface area (Å²) in [6.07, 6.45) is 0. The molecule has 0 saturated carbocycles. The standard InChI is InChI=1S/C26H24Cl2IN3.C17H15Cl2N3.C9H10I2.C2H3N.CH2O3.2K.H/c1-18(20-5-9-23(29)10-6-20)16-31-12-13-32(25-11-2-19(15-30)14-24(25)28)26(17-31)21-3-7-22(27)8-4-21;18-14-4-2-13(3-5-14)17-11-21-7-8-22(17)16-6-1-12(10-20)9-15(16)19;1-7(6-10)8-2-4-9(11)5-3-8;1-2-3;2-1-4-3;;;/h2-11,14,18,26H,12-13,16-17H2,1H3;1-6,9,17,21H,7-8,11H2;2-5,7H,6H2,1H3;1H3;1,3H;;;/q;;;;;2*+1;-1/p-1/t18-,26-;17-;7-;;;;;/m000...../s1. The number of benzene rings is 6. The molecule has 0 aromatic heterocycles. The maximum atomic E-state index is 9.21. The maximum absolute atomic E-state index is 9.21. The second-order valence-electron chi connectivity index (χ2n) is 16.5. The van der Waals surface area contributed by atoms with E-state index in [-0.39, 0.29) is 123 Å². The molecule has 0 aliphatic carbocycles. The van der Waals surface area contributed by atoms with Crippen LogP contribution in [0, 0.1) is 41.1 Å². The first-order chi connectivity index (χ1) is 34.7. The van der Waals surface area contributed by atoms with Crippen LogP contribution in [0.4, 0.5) is 11.4 Å². The van der Waals surface area contributed by atoms with Crippen LogP contribution in [-0.4, -0.2) is 61.6 Å². The Kier molecular flexibility index (Phi) is 35.8. The van der Waals surface area contributed by atoms with Gasteiger partial charge in [-0.15, -0.1) is 0 Å². The van der Waals surface area contributed by atoms with E-state index in [9.17, 15) is 5.26 Å². The molecular formula is C55H54Cl4I3K2N7O3. The third-order valence-electron chi connectivity index (χ3n) is 11.7. The summed E-state index contributed by atoms with van der Waals surface area (Å²) in [4.78, 5) is 18.4. The molecular weight excluding hydrogens is 1410 g/mol. The number of nitrogens with one attached hydrogen (secondary N) is 1. The molecule has 378 valence electrons. The van der Waals surface area contributed by atoms with Gasteiger partial charge in [0.05, 0.1) is 62.8 Å². The molecule has 1 N–H and O–H groups in total. The van der Waals surface area contributed by atoms with Crippen molar-refractivity contribution < 1.29 is 119 Å². The molecule has 10 nitrogen and oxygen atoms in total. The zero-order valence-electron chi connectivity index (χ0n) is 42.8. The summed E-state index contributed by atoms with van der Waals surface area (Å²) in [5, 5.41) is 40.0. The van der Waals surface area contributed by atoms with Crippen LogP contribution in [-0.2, 0) is 9.68 Å². The van der Waals surface area contributed by atoms with E-state index in [0.717, 1.165) is 67.2 Å². The molecule has 2 aliphatic rings. The van der Waals surface area contributed by atoms with Gasteiger partial charge in [-0.25, -0.2) is 0 Å². The van der Waals surface area contributed by atoms with Gasteiger partial charge in [0.1, 0.15) is 0 Å². The Morgan fingerprint density at radius 1 is 0.689 bits per heavy atom. The predicted molar refractivity (Wildman–Crippen MR) is 318 cm³/mol. The third kappa shape index (κ3) is 22.8. The number of anilines is 2. The van der Waals surface area contributed by atoms with Crippen LogP contribution in [0.15, 0.2) is 133 Å². The van der Waals surface area contributed by atoms with E-state index in [0.29, 0.717) is 33.0 Å². The number of carbonyl (C=O) groups excluding carboxylic acids is 1. The average Bonchev–Trinajstić information content (AvgIpc) is 3.40. The number of alkyl halides is 1. The zero-order chi connectivity index (χ0) is 52.6. The first kappa shape index (κ1) is 69.5. The third-order valence-corrected chi connectivity index (χ3v) is 15.5. The van der Waals surface area contributed by atoms with Crippen molar-refractivity contribution in [2.75, 3.05) is 60.0 Å². The minimum absolute atomic E-state index is 0. The van der Waals surface area contributed by atoms with Gasteiger partial charge in [-0.05, 0) is 164 Å². The van der Waals surface area contributed by atoms with Crippen molar-refractivity contribution in [3.63, 3.8) is 0 Å². The minimum Gasteiger partial charge on any atom is -1.00 e. The van der Waals surface area contributed by atoms with Gasteiger partial charge in [0, 0.05) is 74.4 Å². The van der Waals surface area contributed by atoms with Crippen LogP contribution in [0.1, 0.15) is 79.5 Å². The normalized spacial score (nSPS) is 15.4. The summed E-state index contributed by atoms with van der Waals surface area (Å²) < 4.78 is 3.76. The maximum Gasteiger partial charge on any atom is 1.00 e. The summed E-state index contributed by atoms with van der Waals surface area (Å²) in [5.41, 5.74) is 8.29. The zero-order valence-corrected chi connectivity index (χ0v) is 57.5. The largest absolute Gasteiger partial charge is 1.00 e. The number of halogens is 7. The van der Waals surface area contributed by atoms with Gasteiger partial charge < -0.3 is 26.7 Å². The smallest absolute Gasteiger partial charge is 1.00 e. The number of nitrogens with zero attached hydrogens (tertiary/aromatic N) is 6. The Labute approximate surface area is 584 Å². The van der Waals surface area contributed by atoms with Crippen molar-refractivity contribution in [1.82, 2.24) is 10.2 Å². The van der Waals surface area contributed by atoms with E-state index in [1.54, 1.807) is 18.2 Å². The van der Waals surface area contributed by atoms with Crippen molar-refractivity contribution in [2.45, 2.75) is 44.7 Å². The summed E-state index contributed by atoms with van der Waals surface area (Å²) >= 11 is 32.2. The quantitative estimate of drug-likeness (QED) is 0.0358. The second-order valence-corrected chi connectivity index (χ2v) is 21.6. The predicted octanol–water partition coefficient (Wildman–Crippen LogP) is 8.07. The summed E-state index contributed by atoms with van der Waals surface area (Å²) in [5.74, 6) is 1.13. The molecule has 0 amide bonds. The summed E-state index contributed by atoms with van der Waals surface area (Å²) in [6, 6.07) is 51.0. The Hall–Kier alpha value is -0.637. The van der Waals surface area contributed by atoms with E-state index in [1.807, 2.05) is 60.7 Å². The topological polar surface area (TPSA) is 142 Å². The van der Waals surface area contributed by atoms with Gasteiger partial charge in [-0.3, -0.25) is 9.69 Å². The minimum atomic E-state index is -0.181. The van der Waals surface area contributed by atoms with Gasteiger partial charge in [-0.2, -0.15) is 15.8 Å². The molecule has 6 aromatic carbocycles. The Morgan fingerprint density at radius 3 is 1.51 bits per heavy atom. The molecule has 2 saturated heterocycles. The molecule has 74 heavy (non-hydrogen) atoms. The van der Waals surface area contributed by atoms with E-state index in [4.69, 9.17) is 67.0 Å². The number of nitriles is 3. The Balaban J connectivity index is 0.000000566. The van der Waals surface area contributed by atoms with Crippen molar-refractivity contribution in [3.05, 3.63) is 194 Å². The molecule has 4 atom stereocenters. The molecule has 6 aromatic rings. The molecule has 0 spiro atoms. The monoisotopic (exact) mass is 1460 g/mol. The van der Waals surface area contributed by atoms with Crippen LogP contribution in [0.2, 0.25) is 20.1 Å². The number of piperazine rings is 2. The molecule has 2 aliphatic heterocycles. The fourth-order valence-electron chi connectivity index (χ4n) is 8.02. The number of rotatable bonds is 10. The second kappa shape index (κ2) is 38.1. The van der Waals surface area contributed by atoms with Crippen LogP contribution in [0.3, 0.4) is 0 Å². The first-order valence-electron chi connectivity index (χ1n) is 22.7. The number of hydrogen-bond acceptors (Lipinski definition) is 10. The number of hydrogen-bond donors (Lipinski definition) is 1. The van der Waals surface area contributed by atoms with Crippen LogP contribution in [0.25, 0.3) is 0 Å². The Morgan fingerprint density at radius 2 is 1.11 bits per heavy atom. The molecule has 0 unspecified atom stereocenters. The average molecular weight is 1460 g/mol. The first-order valence-corrected chi connectivity index (χ1v) is 27.9. The van der Waals surface area contributed by atoms with Crippen molar-refractivity contribution >= 4 is 132 Å². The molecule has 0 bridgehead atoms. The molecule has 2 heterocycles. The van der Waals surface area contributed by atoms with Gasteiger partial charge in [-0.1, -0.05) is 131 Å². The molecule has 2 fully saturated rings. The van der Waals surface area contributed by atoms with Gasteiger partial charge in [0.15, 0.2) is 0 Å². The van der Waals surface area contributed by atoms with E-state index >= 15 is 0 Å². The molecule has 19 heteroatoms. The SMILES string of the molecule is CC#N.C[C@@H](CI)c1ccc(I)cc1.C[C@@H](CN1CCN(c2ccc(C#N)cc2Cl)[C@H](c2ccc(Cl)cc2)C1)c1ccc(I)cc1.N#Cc1ccc(N2CCNC[C@H]2c2ccc(Cl)cc2)c(Cl)c1.O=CO[O-].[H-].[K+].[K+]. The Bertz CT molecular complexity index is 2760. The van der Waals surface area contributed by atoms with Crippen LogP contribution < -0.4 is 123 Å². The van der Waals surface area contributed by atoms with Crippen LogP contribution >= 0.6 is 114 Å². The molecule has 0 radical (unpaired) electrons. The van der Waals surface area contributed by atoms with Gasteiger partial charge in [0.2, 0.25) is 0 Å². The fraction of sp³-hybridized carbons (Fsp3) is 0.273. The summed E-state index contributed by atoms with van der Waals surface area (Å²) in [6.45, 7) is 12.1. The van der Waals surface area contributed by atoms with E-state index in [2.05, 4.69) is 179 Å². The molecule has 8 rings (SSSR count).